The Labute approximate surface area is 239 Å². The van der Waals surface area contributed by atoms with Crippen molar-refractivity contribution in [1.82, 2.24) is 39.1 Å². The highest BCUT2D eigenvalue weighted by molar-refractivity contribution is 5.98. The summed E-state index contributed by atoms with van der Waals surface area (Å²) in [5, 5.41) is 5.97. The summed E-state index contributed by atoms with van der Waals surface area (Å²) in [6.45, 7) is 5.30. The number of fused-ring (bicyclic) bond motifs is 2. The second kappa shape index (κ2) is 10.8. The summed E-state index contributed by atoms with van der Waals surface area (Å²) in [4.78, 5) is 18.6. The third-order valence-corrected chi connectivity index (χ3v) is 9.01. The van der Waals surface area contributed by atoms with E-state index in [1.165, 1.54) is 25.9 Å². The maximum atomic E-state index is 6.46. The number of likely N-dealkylation sites (N-methyl/N-ethyl adjacent to an activating group) is 1. The number of aromatic nitrogens is 6. The van der Waals surface area contributed by atoms with Crippen molar-refractivity contribution in [3.63, 3.8) is 0 Å². The van der Waals surface area contributed by atoms with Crippen molar-refractivity contribution < 1.29 is 4.74 Å². The molecule has 1 saturated carbocycles. The zero-order chi connectivity index (χ0) is 27.9. The molecule has 1 aliphatic heterocycles. The molecule has 0 bridgehead atoms. The molecule has 10 heteroatoms. The lowest BCUT2D eigenvalue weighted by molar-refractivity contribution is 0.0815. The van der Waals surface area contributed by atoms with Gasteiger partial charge >= 0.3 is 0 Å². The molecule has 10 nitrogen and oxygen atoms in total. The zero-order valence-electron chi connectivity index (χ0n) is 23.8. The van der Waals surface area contributed by atoms with Crippen LogP contribution >= 0.6 is 0 Å². The first-order valence-corrected chi connectivity index (χ1v) is 14.6. The molecule has 1 aliphatic carbocycles. The van der Waals surface area contributed by atoms with E-state index in [4.69, 9.17) is 15.6 Å². The number of imidazole rings is 1. The molecule has 0 unspecified atom stereocenters. The third-order valence-electron chi connectivity index (χ3n) is 9.01. The zero-order valence-corrected chi connectivity index (χ0v) is 23.8. The number of hydrogen-bond acceptors (Lipinski definition) is 8. The van der Waals surface area contributed by atoms with Crippen LogP contribution in [0.4, 0.5) is 5.82 Å². The number of para-hydroxylation sites is 2. The van der Waals surface area contributed by atoms with Gasteiger partial charge in [0.15, 0.2) is 5.65 Å². The second-order valence-electron chi connectivity index (χ2n) is 11.4. The molecule has 2 N–H and O–H groups in total. The molecular formula is C31H37N9O. The van der Waals surface area contributed by atoms with Gasteiger partial charge in [-0.3, -0.25) is 4.90 Å². The van der Waals surface area contributed by atoms with Gasteiger partial charge in [-0.2, -0.15) is 5.10 Å². The summed E-state index contributed by atoms with van der Waals surface area (Å²) in [7, 11) is 3.93. The predicted octanol–water partition coefficient (Wildman–Crippen LogP) is 4.21. The summed E-state index contributed by atoms with van der Waals surface area (Å²) in [6, 6.07) is 15.4. The van der Waals surface area contributed by atoms with Crippen molar-refractivity contribution in [3.8, 4) is 17.0 Å². The molecule has 3 aromatic heterocycles. The number of methoxy groups -OCH3 is 1. The molecule has 0 radical (unpaired) electrons. The normalized spacial score (nSPS) is 20.6. The number of nitrogen functional groups attached to an aromatic ring is 1. The quantitative estimate of drug-likeness (QED) is 0.335. The van der Waals surface area contributed by atoms with Crippen LogP contribution in [0.3, 0.4) is 0 Å². The van der Waals surface area contributed by atoms with Crippen LogP contribution in [0.1, 0.15) is 37.3 Å². The van der Waals surface area contributed by atoms with Crippen LogP contribution in [-0.4, -0.2) is 85.5 Å². The smallest absolute Gasteiger partial charge is 0.164 e. The van der Waals surface area contributed by atoms with Crippen LogP contribution in [0, 0.1) is 0 Å². The first-order chi connectivity index (χ1) is 20.1. The number of anilines is 1. The van der Waals surface area contributed by atoms with Crippen molar-refractivity contribution >= 4 is 27.9 Å². The van der Waals surface area contributed by atoms with Gasteiger partial charge < -0.3 is 19.9 Å². The predicted molar refractivity (Wildman–Crippen MR) is 161 cm³/mol. The Morgan fingerprint density at radius 3 is 2.51 bits per heavy atom. The van der Waals surface area contributed by atoms with Gasteiger partial charge in [0.05, 0.1) is 42.4 Å². The van der Waals surface area contributed by atoms with Crippen molar-refractivity contribution in [2.75, 3.05) is 46.1 Å². The molecule has 0 amide bonds. The molecule has 4 heterocycles. The number of benzene rings is 2. The molecule has 212 valence electrons. The topological polar surface area (TPSA) is 103 Å². The Morgan fingerprint density at radius 2 is 1.71 bits per heavy atom. The lowest BCUT2D eigenvalue weighted by Crippen LogP contribution is -2.49. The van der Waals surface area contributed by atoms with Crippen molar-refractivity contribution in [2.24, 2.45) is 0 Å². The van der Waals surface area contributed by atoms with E-state index in [-0.39, 0.29) is 0 Å². The SMILES string of the molecule is COc1cc(-c2nn(C3CCC(N4CCN(C)CC4)CC3)c3ncnc(N)c23)ccc1Cn1cnc2ccccc21. The Morgan fingerprint density at radius 1 is 0.927 bits per heavy atom. The molecule has 2 fully saturated rings. The van der Waals surface area contributed by atoms with E-state index in [9.17, 15) is 0 Å². The molecule has 7 rings (SSSR count). The van der Waals surface area contributed by atoms with Crippen molar-refractivity contribution in [1.29, 1.82) is 0 Å². The molecule has 2 aliphatic rings. The summed E-state index contributed by atoms with van der Waals surface area (Å²) in [5.74, 6) is 1.25. The molecule has 5 aromatic rings. The molecule has 41 heavy (non-hydrogen) atoms. The average Bonchev–Trinajstić information content (AvgIpc) is 3.61. The fourth-order valence-electron chi connectivity index (χ4n) is 6.65. The minimum absolute atomic E-state index is 0.292. The number of rotatable bonds is 6. The standard InChI is InChI=1S/C31H37N9O/c1-37-13-15-38(16-14-37)23-9-11-24(12-10-23)40-31-28(30(32)33-19-34-31)29(36-40)21-7-8-22(27(17-21)41-2)18-39-20-35-25-5-3-4-6-26(25)39/h3-8,17,19-20,23-24H,9-16,18H2,1-2H3,(H2,32,33,34). The van der Waals surface area contributed by atoms with Crippen molar-refractivity contribution in [3.05, 3.63) is 60.7 Å². The lowest BCUT2D eigenvalue weighted by atomic mass is 9.90. The maximum Gasteiger partial charge on any atom is 0.164 e. The number of nitrogens with two attached hydrogens (primary N) is 1. The fourth-order valence-corrected chi connectivity index (χ4v) is 6.65. The van der Waals surface area contributed by atoms with Gasteiger partial charge in [-0.05, 0) is 50.9 Å². The number of hydrogen-bond donors (Lipinski definition) is 1. The minimum Gasteiger partial charge on any atom is -0.496 e. The highest BCUT2D eigenvalue weighted by Gasteiger charge is 2.30. The monoisotopic (exact) mass is 551 g/mol. The van der Waals surface area contributed by atoms with E-state index in [0.29, 0.717) is 24.4 Å². The van der Waals surface area contributed by atoms with E-state index in [1.54, 1.807) is 13.4 Å². The average molecular weight is 552 g/mol. The van der Waals surface area contributed by atoms with Crippen LogP contribution in [-0.2, 0) is 6.54 Å². The van der Waals surface area contributed by atoms with Gasteiger partial charge in [0, 0.05) is 43.3 Å². The van der Waals surface area contributed by atoms with Gasteiger partial charge in [0.1, 0.15) is 23.6 Å². The van der Waals surface area contributed by atoms with E-state index in [2.05, 4.69) is 65.3 Å². The largest absolute Gasteiger partial charge is 0.496 e. The van der Waals surface area contributed by atoms with Gasteiger partial charge in [0.2, 0.25) is 0 Å². The molecule has 1 saturated heterocycles. The first kappa shape index (κ1) is 25.9. The van der Waals surface area contributed by atoms with Crippen LogP contribution in [0.2, 0.25) is 0 Å². The third kappa shape index (κ3) is 4.81. The fraction of sp³-hybridized carbons (Fsp3) is 0.419. The number of piperazine rings is 1. The molecule has 2 aromatic carbocycles. The molecule has 0 atom stereocenters. The van der Waals surface area contributed by atoms with Crippen LogP contribution in [0.25, 0.3) is 33.3 Å². The number of nitrogens with zero attached hydrogens (tertiary/aromatic N) is 8. The highest BCUT2D eigenvalue weighted by Crippen LogP contribution is 2.38. The first-order valence-electron chi connectivity index (χ1n) is 14.6. The van der Waals surface area contributed by atoms with Gasteiger partial charge in [-0.15, -0.1) is 0 Å². The summed E-state index contributed by atoms with van der Waals surface area (Å²) < 4.78 is 10.1. The summed E-state index contributed by atoms with van der Waals surface area (Å²) in [6.07, 6.45) is 7.95. The van der Waals surface area contributed by atoms with Crippen molar-refractivity contribution in [2.45, 2.75) is 44.3 Å². The maximum absolute atomic E-state index is 6.46. The minimum atomic E-state index is 0.292. The van der Waals surface area contributed by atoms with Crippen LogP contribution in [0.15, 0.2) is 55.1 Å². The van der Waals surface area contributed by atoms with Crippen LogP contribution in [0.5, 0.6) is 5.75 Å². The van der Waals surface area contributed by atoms with Crippen LogP contribution < -0.4 is 10.5 Å². The van der Waals surface area contributed by atoms with Gasteiger partial charge in [0.25, 0.3) is 0 Å². The molecule has 0 spiro atoms. The summed E-state index contributed by atoms with van der Waals surface area (Å²) in [5.41, 5.74) is 12.1. The Balaban J connectivity index is 1.18. The Bertz CT molecular complexity index is 1680. The Hall–Kier alpha value is -4.02. The highest BCUT2D eigenvalue weighted by atomic mass is 16.5. The van der Waals surface area contributed by atoms with E-state index < -0.39 is 0 Å². The Kier molecular flexibility index (Phi) is 6.80. The second-order valence-corrected chi connectivity index (χ2v) is 11.4. The van der Waals surface area contributed by atoms with E-state index in [0.717, 1.165) is 70.6 Å². The number of ether oxygens (including phenoxy) is 1. The van der Waals surface area contributed by atoms with Gasteiger partial charge in [-0.1, -0.05) is 24.3 Å². The van der Waals surface area contributed by atoms with E-state index >= 15 is 0 Å². The lowest BCUT2D eigenvalue weighted by Gasteiger charge is -2.41. The van der Waals surface area contributed by atoms with E-state index in [1.807, 2.05) is 24.5 Å². The molecular weight excluding hydrogens is 514 g/mol. The summed E-state index contributed by atoms with van der Waals surface area (Å²) >= 11 is 0. The van der Waals surface area contributed by atoms with Gasteiger partial charge in [-0.25, -0.2) is 19.6 Å².